The third-order valence-corrected chi connectivity index (χ3v) is 3.41. The van der Waals surface area contributed by atoms with Crippen LogP contribution in [-0.4, -0.2) is 37.4 Å². The summed E-state index contributed by atoms with van der Waals surface area (Å²) < 4.78 is 10.5. The number of ether oxygens (including phenoxy) is 1. The minimum atomic E-state index is -0.319. The van der Waals surface area contributed by atoms with E-state index in [2.05, 4.69) is 10.5 Å². The van der Waals surface area contributed by atoms with E-state index in [1.165, 1.54) is 0 Å². The Balaban J connectivity index is 1.67. The number of hydrogen-bond acceptors (Lipinski definition) is 5. The van der Waals surface area contributed by atoms with Crippen molar-refractivity contribution < 1.29 is 14.1 Å². The Morgan fingerprint density at radius 2 is 1.95 bits per heavy atom. The quantitative estimate of drug-likeness (QED) is 0.943. The molecule has 1 aromatic heterocycles. The van der Waals surface area contributed by atoms with Gasteiger partial charge in [-0.25, -0.2) is 0 Å². The van der Waals surface area contributed by atoms with Crippen molar-refractivity contribution in [1.82, 2.24) is 5.16 Å². The minimum Gasteiger partial charge on any atom is -0.378 e. The molecule has 1 saturated heterocycles. The molecule has 0 spiro atoms. The minimum absolute atomic E-state index is 0.242. The zero-order chi connectivity index (χ0) is 14.7. The van der Waals surface area contributed by atoms with Crippen molar-refractivity contribution in [3.8, 4) is 0 Å². The average molecular weight is 308 g/mol. The molecular formula is C14H14ClN3O3. The third-order valence-electron chi connectivity index (χ3n) is 3.16. The summed E-state index contributed by atoms with van der Waals surface area (Å²) in [6, 6.07) is 8.50. The van der Waals surface area contributed by atoms with Crippen LogP contribution in [0, 0.1) is 0 Å². The molecule has 2 aromatic rings. The number of morpholine rings is 1. The van der Waals surface area contributed by atoms with Gasteiger partial charge >= 0.3 is 0 Å². The van der Waals surface area contributed by atoms with E-state index < -0.39 is 0 Å². The van der Waals surface area contributed by atoms with E-state index in [0.29, 0.717) is 29.8 Å². The number of carbonyl (C=O) groups excluding carboxylic acids is 1. The van der Waals surface area contributed by atoms with Gasteiger partial charge in [-0.15, -0.1) is 0 Å². The Kier molecular flexibility index (Phi) is 4.08. The molecule has 21 heavy (non-hydrogen) atoms. The number of hydrogen-bond donors (Lipinski definition) is 1. The van der Waals surface area contributed by atoms with E-state index in [1.807, 2.05) is 4.90 Å². The monoisotopic (exact) mass is 307 g/mol. The average Bonchev–Trinajstić information content (AvgIpc) is 3.00. The van der Waals surface area contributed by atoms with Gasteiger partial charge in [0.25, 0.3) is 5.91 Å². The number of carbonyl (C=O) groups is 1. The van der Waals surface area contributed by atoms with Crippen LogP contribution in [0.15, 0.2) is 34.9 Å². The topological polar surface area (TPSA) is 67.6 Å². The van der Waals surface area contributed by atoms with Gasteiger partial charge in [-0.05, 0) is 24.3 Å². The van der Waals surface area contributed by atoms with E-state index >= 15 is 0 Å². The normalized spacial score (nSPS) is 15.0. The Hall–Kier alpha value is -2.05. The zero-order valence-corrected chi connectivity index (χ0v) is 12.0. The number of halogens is 1. The Morgan fingerprint density at radius 3 is 2.67 bits per heavy atom. The van der Waals surface area contributed by atoms with Gasteiger partial charge in [-0.1, -0.05) is 16.8 Å². The summed E-state index contributed by atoms with van der Waals surface area (Å²) in [6.07, 6.45) is 0. The highest BCUT2D eigenvalue weighted by atomic mass is 35.5. The first kappa shape index (κ1) is 13.9. The highest BCUT2D eigenvalue weighted by Crippen LogP contribution is 2.19. The van der Waals surface area contributed by atoms with E-state index in [9.17, 15) is 4.79 Å². The molecule has 0 bridgehead atoms. The number of nitrogens with zero attached hydrogens (tertiary/aromatic N) is 2. The van der Waals surface area contributed by atoms with Gasteiger partial charge < -0.3 is 19.5 Å². The molecule has 1 fully saturated rings. The molecule has 6 nitrogen and oxygen atoms in total. The van der Waals surface area contributed by atoms with Gasteiger partial charge in [-0.2, -0.15) is 0 Å². The molecule has 0 atom stereocenters. The molecule has 1 aromatic carbocycles. The van der Waals surface area contributed by atoms with E-state index in [1.54, 1.807) is 30.3 Å². The number of nitrogens with one attached hydrogen (secondary N) is 1. The number of amides is 1. The maximum absolute atomic E-state index is 12.1. The third kappa shape index (κ3) is 3.34. The fourth-order valence-electron chi connectivity index (χ4n) is 2.03. The molecule has 1 aliphatic heterocycles. The first-order valence-corrected chi connectivity index (χ1v) is 6.96. The Morgan fingerprint density at radius 1 is 1.24 bits per heavy atom. The van der Waals surface area contributed by atoms with Crippen molar-refractivity contribution in [2.75, 3.05) is 36.5 Å². The highest BCUT2D eigenvalue weighted by Gasteiger charge is 2.19. The number of benzene rings is 1. The molecule has 7 heteroatoms. The second-order valence-electron chi connectivity index (χ2n) is 4.61. The highest BCUT2D eigenvalue weighted by molar-refractivity contribution is 6.30. The van der Waals surface area contributed by atoms with Crippen LogP contribution >= 0.6 is 11.6 Å². The lowest BCUT2D eigenvalue weighted by atomic mass is 10.3. The Bertz CT molecular complexity index is 621. The van der Waals surface area contributed by atoms with Crippen molar-refractivity contribution in [2.45, 2.75) is 0 Å². The first-order chi connectivity index (χ1) is 10.2. The fraction of sp³-hybridized carbons (Fsp3) is 0.286. The summed E-state index contributed by atoms with van der Waals surface area (Å²) >= 11 is 5.80. The number of anilines is 2. The van der Waals surface area contributed by atoms with Crippen molar-refractivity contribution in [3.05, 3.63) is 41.0 Å². The largest absolute Gasteiger partial charge is 0.378 e. The molecule has 0 unspecified atom stereocenters. The van der Waals surface area contributed by atoms with E-state index in [-0.39, 0.29) is 11.6 Å². The van der Waals surface area contributed by atoms with Gasteiger partial charge in [0.2, 0.25) is 5.88 Å². The van der Waals surface area contributed by atoms with Crippen LogP contribution in [0.25, 0.3) is 0 Å². The molecule has 0 aliphatic carbocycles. The molecule has 0 saturated carbocycles. The van der Waals surface area contributed by atoms with Crippen molar-refractivity contribution in [2.24, 2.45) is 0 Å². The summed E-state index contributed by atoms with van der Waals surface area (Å²) in [5.74, 6) is 0.264. The fourth-order valence-corrected chi connectivity index (χ4v) is 2.16. The maximum atomic E-state index is 12.1. The van der Waals surface area contributed by atoms with Crippen LogP contribution in [0.1, 0.15) is 10.5 Å². The second-order valence-corrected chi connectivity index (χ2v) is 5.05. The number of aromatic nitrogens is 1. The Labute approximate surface area is 126 Å². The molecule has 0 radical (unpaired) electrons. The van der Waals surface area contributed by atoms with Gasteiger partial charge in [0.15, 0.2) is 5.69 Å². The predicted molar refractivity (Wildman–Crippen MR) is 78.9 cm³/mol. The zero-order valence-electron chi connectivity index (χ0n) is 11.2. The van der Waals surface area contributed by atoms with Gasteiger partial charge in [0.1, 0.15) is 0 Å². The molecule has 110 valence electrons. The molecule has 3 rings (SSSR count). The van der Waals surface area contributed by atoms with E-state index in [0.717, 1.165) is 13.1 Å². The predicted octanol–water partition coefficient (Wildman–Crippen LogP) is 2.42. The molecule has 1 N–H and O–H groups in total. The molecular weight excluding hydrogens is 294 g/mol. The van der Waals surface area contributed by atoms with Crippen LogP contribution in [0.4, 0.5) is 11.6 Å². The van der Waals surface area contributed by atoms with E-state index in [4.69, 9.17) is 20.9 Å². The molecule has 2 heterocycles. The lowest BCUT2D eigenvalue weighted by Crippen LogP contribution is -2.35. The molecule has 1 aliphatic rings. The van der Waals surface area contributed by atoms with Gasteiger partial charge in [-0.3, -0.25) is 4.79 Å². The van der Waals surface area contributed by atoms with Crippen molar-refractivity contribution >= 4 is 29.1 Å². The van der Waals surface area contributed by atoms with Crippen LogP contribution in [0.2, 0.25) is 5.02 Å². The summed E-state index contributed by atoms with van der Waals surface area (Å²) in [5, 5.41) is 7.16. The smallest absolute Gasteiger partial charge is 0.277 e. The van der Waals surface area contributed by atoms with Crippen LogP contribution in [-0.2, 0) is 4.74 Å². The van der Waals surface area contributed by atoms with Crippen molar-refractivity contribution in [1.29, 1.82) is 0 Å². The van der Waals surface area contributed by atoms with Gasteiger partial charge in [0, 0.05) is 29.9 Å². The van der Waals surface area contributed by atoms with Gasteiger partial charge in [0.05, 0.1) is 13.2 Å². The SMILES string of the molecule is O=C(Nc1ccc(Cl)cc1)c1cc(N2CCOCC2)on1. The van der Waals surface area contributed by atoms with Crippen LogP contribution in [0.3, 0.4) is 0 Å². The lowest BCUT2D eigenvalue weighted by Gasteiger charge is -2.25. The van der Waals surface area contributed by atoms with Crippen molar-refractivity contribution in [3.63, 3.8) is 0 Å². The summed E-state index contributed by atoms with van der Waals surface area (Å²) in [6.45, 7) is 2.75. The standard InChI is InChI=1S/C14H14ClN3O3/c15-10-1-3-11(4-2-10)16-14(19)12-9-13(21-17-12)18-5-7-20-8-6-18/h1-4,9H,5-8H2,(H,16,19). The second kappa shape index (κ2) is 6.15. The lowest BCUT2D eigenvalue weighted by molar-refractivity contribution is 0.101. The maximum Gasteiger partial charge on any atom is 0.277 e. The van der Waals surface area contributed by atoms with Crippen LogP contribution in [0.5, 0.6) is 0 Å². The summed E-state index contributed by atoms with van der Waals surface area (Å²) in [7, 11) is 0. The van der Waals surface area contributed by atoms with Crippen LogP contribution < -0.4 is 10.2 Å². The summed E-state index contributed by atoms with van der Waals surface area (Å²) in [5.41, 5.74) is 0.895. The molecule has 1 amide bonds. The first-order valence-electron chi connectivity index (χ1n) is 6.59. The number of rotatable bonds is 3. The summed E-state index contributed by atoms with van der Waals surface area (Å²) in [4.78, 5) is 14.1.